The van der Waals surface area contributed by atoms with Crippen molar-refractivity contribution in [3.8, 4) is 11.1 Å². The molecule has 0 aliphatic carbocycles. The number of hydrogen-bond donors (Lipinski definition) is 0. The van der Waals surface area contributed by atoms with Gasteiger partial charge >= 0.3 is 0 Å². The Labute approximate surface area is 133 Å². The fourth-order valence-corrected chi connectivity index (χ4v) is 2.34. The summed E-state index contributed by atoms with van der Waals surface area (Å²) in [4.78, 5) is 0. The molecule has 0 aliphatic rings. The second kappa shape index (κ2) is 5.67. The molecule has 112 valence electrons. The molecule has 0 atom stereocenters. The standard InChI is InChI=1S/C21H28/c1-20(2,3)15-16-7-9-17(10-8-16)18-11-13-19(14-12-18)21(4,5)6/h7-14H,15H2,1-6H3/i15D2. The van der Waals surface area contributed by atoms with Gasteiger partial charge in [0.2, 0.25) is 0 Å². The van der Waals surface area contributed by atoms with Crippen molar-refractivity contribution in [2.24, 2.45) is 5.41 Å². The third kappa shape index (κ3) is 4.46. The molecule has 0 aromatic heterocycles. The zero-order chi connectivity index (χ0) is 17.5. The lowest BCUT2D eigenvalue weighted by Crippen LogP contribution is -2.10. The van der Waals surface area contributed by atoms with E-state index in [1.165, 1.54) is 11.1 Å². The maximum absolute atomic E-state index is 8.36. The molecule has 0 heterocycles. The van der Waals surface area contributed by atoms with Crippen LogP contribution in [0.3, 0.4) is 0 Å². The third-order valence-electron chi connectivity index (χ3n) is 3.49. The Balaban J connectivity index is 2.30. The summed E-state index contributed by atoms with van der Waals surface area (Å²) in [6.45, 7) is 12.5. The molecule has 0 aliphatic heterocycles. The van der Waals surface area contributed by atoms with Crippen LogP contribution in [0, 0.1) is 5.41 Å². The first-order valence-electron chi connectivity index (χ1n) is 8.64. The molecule has 0 spiro atoms. The van der Waals surface area contributed by atoms with E-state index in [4.69, 9.17) is 2.74 Å². The van der Waals surface area contributed by atoms with Crippen molar-refractivity contribution in [1.82, 2.24) is 0 Å². The predicted molar refractivity (Wildman–Crippen MR) is 93.7 cm³/mol. The first-order chi connectivity index (χ1) is 10.4. The van der Waals surface area contributed by atoms with Gasteiger partial charge in [0.05, 0.1) is 0 Å². The van der Waals surface area contributed by atoms with E-state index in [0.29, 0.717) is 0 Å². The van der Waals surface area contributed by atoms with Crippen molar-refractivity contribution in [2.45, 2.75) is 53.3 Å². The lowest BCUT2D eigenvalue weighted by Gasteiger charge is -2.19. The van der Waals surface area contributed by atoms with Crippen LogP contribution in [0.5, 0.6) is 0 Å². The van der Waals surface area contributed by atoms with Gasteiger partial charge in [-0.2, -0.15) is 0 Å². The zero-order valence-corrected chi connectivity index (χ0v) is 14.1. The molecular formula is C21H28. The van der Waals surface area contributed by atoms with E-state index in [-0.39, 0.29) is 5.41 Å². The monoisotopic (exact) mass is 282 g/mol. The lowest BCUT2D eigenvalue weighted by atomic mass is 9.86. The molecule has 0 N–H and O–H groups in total. The first-order valence-corrected chi connectivity index (χ1v) is 7.64. The van der Waals surface area contributed by atoms with Crippen LogP contribution in [-0.4, -0.2) is 0 Å². The van der Waals surface area contributed by atoms with Gasteiger partial charge in [0, 0.05) is 2.74 Å². The van der Waals surface area contributed by atoms with Gasteiger partial charge in [-0.15, -0.1) is 0 Å². The molecule has 0 radical (unpaired) electrons. The fraction of sp³-hybridized carbons (Fsp3) is 0.429. The predicted octanol–water partition coefficient (Wildman–Crippen LogP) is 6.24. The average molecular weight is 282 g/mol. The van der Waals surface area contributed by atoms with E-state index >= 15 is 0 Å². The summed E-state index contributed by atoms with van der Waals surface area (Å²) in [6, 6.07) is 16.5. The van der Waals surface area contributed by atoms with E-state index in [9.17, 15) is 0 Å². The molecule has 0 saturated heterocycles. The molecule has 2 aromatic rings. The van der Waals surface area contributed by atoms with Gasteiger partial charge in [-0.25, -0.2) is 0 Å². The fourth-order valence-electron chi connectivity index (χ4n) is 2.34. The van der Waals surface area contributed by atoms with Crippen molar-refractivity contribution in [2.75, 3.05) is 0 Å². The summed E-state index contributed by atoms with van der Waals surface area (Å²) in [5.41, 5.74) is 4.08. The summed E-state index contributed by atoms with van der Waals surface area (Å²) in [5, 5.41) is 0. The summed E-state index contributed by atoms with van der Waals surface area (Å²) in [6.07, 6.45) is -1.35. The van der Waals surface area contributed by atoms with Crippen LogP contribution in [0.15, 0.2) is 48.5 Å². The molecular weight excluding hydrogens is 252 g/mol. The summed E-state index contributed by atoms with van der Waals surface area (Å²) >= 11 is 0. The lowest BCUT2D eigenvalue weighted by molar-refractivity contribution is 0.411. The summed E-state index contributed by atoms with van der Waals surface area (Å²) in [7, 11) is 0. The Morgan fingerprint density at radius 2 is 1.14 bits per heavy atom. The molecule has 21 heavy (non-hydrogen) atoms. The summed E-state index contributed by atoms with van der Waals surface area (Å²) < 4.78 is 16.7. The Morgan fingerprint density at radius 3 is 1.52 bits per heavy atom. The van der Waals surface area contributed by atoms with Gasteiger partial charge in [-0.1, -0.05) is 90.1 Å². The van der Waals surface area contributed by atoms with Crippen molar-refractivity contribution in [3.63, 3.8) is 0 Å². The second-order valence-corrected chi connectivity index (χ2v) is 7.78. The molecule has 0 heteroatoms. The summed E-state index contributed by atoms with van der Waals surface area (Å²) in [5.74, 6) is 0. The van der Waals surface area contributed by atoms with E-state index in [0.717, 1.165) is 11.1 Å². The normalized spacial score (nSPS) is 14.6. The number of rotatable bonds is 2. The Kier molecular flexibility index (Phi) is 3.55. The molecule has 0 amide bonds. The topological polar surface area (TPSA) is 0 Å². The minimum atomic E-state index is -1.35. The molecule has 2 rings (SSSR count). The average Bonchev–Trinajstić information content (AvgIpc) is 2.45. The molecule has 0 unspecified atom stereocenters. The minimum Gasteiger partial charge on any atom is -0.0599 e. The van der Waals surface area contributed by atoms with Crippen LogP contribution >= 0.6 is 0 Å². The molecule has 0 bridgehead atoms. The van der Waals surface area contributed by atoms with E-state index in [2.05, 4.69) is 45.0 Å². The van der Waals surface area contributed by atoms with Crippen LogP contribution in [0.4, 0.5) is 0 Å². The Morgan fingerprint density at radius 1 is 0.714 bits per heavy atom. The van der Waals surface area contributed by atoms with E-state index < -0.39 is 11.8 Å². The highest BCUT2D eigenvalue weighted by Crippen LogP contribution is 2.27. The van der Waals surface area contributed by atoms with Crippen molar-refractivity contribution in [3.05, 3.63) is 59.7 Å². The second-order valence-electron chi connectivity index (χ2n) is 7.78. The third-order valence-corrected chi connectivity index (χ3v) is 3.49. The van der Waals surface area contributed by atoms with Gasteiger partial charge in [-0.05, 0) is 39.5 Å². The molecule has 0 fully saturated rings. The van der Waals surface area contributed by atoms with Gasteiger partial charge in [0.25, 0.3) is 0 Å². The van der Waals surface area contributed by atoms with Crippen LogP contribution in [0.2, 0.25) is 0 Å². The van der Waals surface area contributed by atoms with Crippen LogP contribution in [0.25, 0.3) is 11.1 Å². The minimum absolute atomic E-state index is 0.158. The largest absolute Gasteiger partial charge is 0.0599 e. The van der Waals surface area contributed by atoms with Crippen LogP contribution in [0.1, 0.15) is 55.4 Å². The van der Waals surface area contributed by atoms with Crippen LogP contribution < -0.4 is 0 Å². The first kappa shape index (κ1) is 13.1. The highest BCUT2D eigenvalue weighted by atomic mass is 14.2. The van der Waals surface area contributed by atoms with Gasteiger partial charge in [-0.3, -0.25) is 0 Å². The number of benzene rings is 2. The zero-order valence-electron chi connectivity index (χ0n) is 16.1. The maximum Gasteiger partial charge on any atom is 0.0321 e. The van der Waals surface area contributed by atoms with Crippen LogP contribution in [-0.2, 0) is 11.8 Å². The highest BCUT2D eigenvalue weighted by molar-refractivity contribution is 5.64. The Hall–Kier alpha value is -1.56. The smallest absolute Gasteiger partial charge is 0.0321 e. The van der Waals surface area contributed by atoms with Crippen molar-refractivity contribution in [1.29, 1.82) is 0 Å². The van der Waals surface area contributed by atoms with Gasteiger partial charge in [0.1, 0.15) is 0 Å². The van der Waals surface area contributed by atoms with Crippen molar-refractivity contribution < 1.29 is 2.74 Å². The van der Waals surface area contributed by atoms with E-state index in [1.807, 2.05) is 45.0 Å². The quantitative estimate of drug-likeness (QED) is 0.611. The molecule has 0 nitrogen and oxygen atoms in total. The van der Waals surface area contributed by atoms with E-state index in [1.54, 1.807) is 0 Å². The number of hydrogen-bond acceptors (Lipinski definition) is 0. The Bertz CT molecular complexity index is 651. The molecule has 0 saturated carbocycles. The highest BCUT2D eigenvalue weighted by Gasteiger charge is 2.13. The molecule has 2 aromatic carbocycles. The van der Waals surface area contributed by atoms with Gasteiger partial charge < -0.3 is 0 Å². The van der Waals surface area contributed by atoms with Crippen molar-refractivity contribution >= 4 is 0 Å². The SMILES string of the molecule is [2H]C([2H])(c1ccc(-c2ccc(C(C)(C)C)cc2)cc1)C(C)(C)C. The van der Waals surface area contributed by atoms with Gasteiger partial charge in [0.15, 0.2) is 0 Å². The maximum atomic E-state index is 8.36.